The third kappa shape index (κ3) is 4.12. The normalized spacial score (nSPS) is 15.4. The highest BCUT2D eigenvalue weighted by Crippen LogP contribution is 2.29. The second-order valence-corrected chi connectivity index (χ2v) is 8.83. The van der Waals surface area contributed by atoms with Crippen molar-refractivity contribution in [2.45, 2.75) is 34.1 Å². The summed E-state index contributed by atoms with van der Waals surface area (Å²) in [6, 6.07) is 15.4. The van der Waals surface area contributed by atoms with E-state index in [1.807, 2.05) is 45.0 Å². The van der Waals surface area contributed by atoms with Gasteiger partial charge in [-0.3, -0.25) is 19.8 Å². The molecule has 1 N–H and O–H groups in total. The van der Waals surface area contributed by atoms with E-state index in [1.165, 1.54) is 10.5 Å². The number of hydrogen-bond donors (Lipinski definition) is 1. The van der Waals surface area contributed by atoms with Gasteiger partial charge in [-0.05, 0) is 86.4 Å². The molecule has 1 fully saturated rings. The third-order valence-electron chi connectivity index (χ3n) is 5.90. The Kier molecular flexibility index (Phi) is 6.23. The van der Waals surface area contributed by atoms with Gasteiger partial charge in [0.1, 0.15) is 5.57 Å². The van der Waals surface area contributed by atoms with E-state index in [4.69, 9.17) is 23.8 Å². The fourth-order valence-electron chi connectivity index (χ4n) is 4.10. The number of halogens is 1. The molecule has 1 aliphatic rings. The summed E-state index contributed by atoms with van der Waals surface area (Å²) in [5.41, 5.74) is 6.48. The molecule has 0 saturated carbocycles. The van der Waals surface area contributed by atoms with Crippen molar-refractivity contribution in [1.29, 1.82) is 0 Å². The van der Waals surface area contributed by atoms with Crippen LogP contribution in [0.25, 0.3) is 11.8 Å². The monoisotopic (exact) mass is 477 g/mol. The summed E-state index contributed by atoms with van der Waals surface area (Å²) in [5, 5.41) is 3.18. The van der Waals surface area contributed by atoms with Crippen molar-refractivity contribution in [2.75, 3.05) is 4.90 Å². The molecular formula is C26H24ClN3O2S. The number of para-hydroxylation sites is 1. The summed E-state index contributed by atoms with van der Waals surface area (Å²) in [6.45, 7) is 8.00. The predicted molar refractivity (Wildman–Crippen MR) is 137 cm³/mol. The van der Waals surface area contributed by atoms with Crippen LogP contribution in [0.4, 0.5) is 5.69 Å². The molecule has 2 aromatic carbocycles. The van der Waals surface area contributed by atoms with Crippen LogP contribution in [0.5, 0.6) is 0 Å². The molecule has 0 bridgehead atoms. The summed E-state index contributed by atoms with van der Waals surface area (Å²) < 4.78 is 2.15. The molecule has 1 aliphatic heterocycles. The summed E-state index contributed by atoms with van der Waals surface area (Å²) in [6.07, 6.45) is 2.53. The lowest BCUT2D eigenvalue weighted by Gasteiger charge is -2.29. The predicted octanol–water partition coefficient (Wildman–Crippen LogP) is 5.45. The SMILES string of the molecule is CCc1ccccc1-n1c(C)cc(/C=C2\C(=O)NC(=S)N(c3ccc(C)c(Cl)c3)C2=O)c1C. The standard InChI is InChI=1S/C26H24ClN3O2S/c1-5-18-8-6-7-9-23(18)29-16(3)12-19(17(29)4)13-21-24(31)28-26(33)30(25(21)32)20-11-10-15(2)22(27)14-20/h6-14H,5H2,1-4H3,(H,28,31,33)/b21-13+. The Morgan fingerprint density at radius 3 is 2.48 bits per heavy atom. The topological polar surface area (TPSA) is 54.3 Å². The van der Waals surface area contributed by atoms with Gasteiger partial charge in [0.2, 0.25) is 0 Å². The van der Waals surface area contributed by atoms with Gasteiger partial charge in [0, 0.05) is 22.1 Å². The van der Waals surface area contributed by atoms with Crippen molar-refractivity contribution in [3.8, 4) is 5.69 Å². The molecule has 2 heterocycles. The number of aromatic nitrogens is 1. The minimum atomic E-state index is -0.516. The minimum Gasteiger partial charge on any atom is -0.318 e. The minimum absolute atomic E-state index is 0.0179. The Labute approximate surface area is 203 Å². The molecule has 4 rings (SSSR count). The molecule has 7 heteroatoms. The molecule has 168 valence electrons. The van der Waals surface area contributed by atoms with Gasteiger partial charge in [-0.25, -0.2) is 0 Å². The number of carbonyl (C=O) groups excluding carboxylic acids is 2. The second-order valence-electron chi connectivity index (χ2n) is 8.04. The number of nitrogens with one attached hydrogen (secondary N) is 1. The molecule has 0 radical (unpaired) electrons. The number of thiocarbonyl (C=S) groups is 1. The molecular weight excluding hydrogens is 454 g/mol. The third-order valence-corrected chi connectivity index (χ3v) is 6.59. The van der Waals surface area contributed by atoms with Gasteiger partial charge < -0.3 is 4.57 Å². The second kappa shape index (κ2) is 8.96. The van der Waals surface area contributed by atoms with E-state index in [0.717, 1.165) is 34.6 Å². The number of hydrogen-bond acceptors (Lipinski definition) is 3. The van der Waals surface area contributed by atoms with Gasteiger partial charge in [-0.2, -0.15) is 0 Å². The first-order chi connectivity index (χ1) is 15.7. The van der Waals surface area contributed by atoms with Crippen LogP contribution < -0.4 is 10.2 Å². The molecule has 0 aliphatic carbocycles. The average Bonchev–Trinajstić information content (AvgIpc) is 3.06. The first-order valence-electron chi connectivity index (χ1n) is 10.7. The van der Waals surface area contributed by atoms with E-state index in [-0.39, 0.29) is 10.7 Å². The maximum Gasteiger partial charge on any atom is 0.270 e. The summed E-state index contributed by atoms with van der Waals surface area (Å²) >= 11 is 11.6. The molecule has 1 saturated heterocycles. The zero-order chi connectivity index (χ0) is 23.9. The number of amides is 2. The van der Waals surface area contributed by atoms with Crippen LogP contribution in [0.1, 0.15) is 35.0 Å². The van der Waals surface area contributed by atoms with Crippen molar-refractivity contribution in [1.82, 2.24) is 9.88 Å². The summed E-state index contributed by atoms with van der Waals surface area (Å²) in [7, 11) is 0. The zero-order valence-electron chi connectivity index (χ0n) is 18.9. The smallest absolute Gasteiger partial charge is 0.270 e. The highest BCUT2D eigenvalue weighted by Gasteiger charge is 2.35. The van der Waals surface area contributed by atoms with Gasteiger partial charge >= 0.3 is 0 Å². The van der Waals surface area contributed by atoms with Gasteiger partial charge in [0.05, 0.1) is 5.69 Å². The van der Waals surface area contributed by atoms with Gasteiger partial charge in [0.15, 0.2) is 5.11 Å². The van der Waals surface area contributed by atoms with Crippen molar-refractivity contribution in [3.05, 3.63) is 87.2 Å². The van der Waals surface area contributed by atoms with E-state index in [1.54, 1.807) is 18.2 Å². The fraction of sp³-hybridized carbons (Fsp3) is 0.192. The quantitative estimate of drug-likeness (QED) is 0.309. The maximum absolute atomic E-state index is 13.4. The van der Waals surface area contributed by atoms with E-state index in [2.05, 4.69) is 28.9 Å². The maximum atomic E-state index is 13.4. The molecule has 1 aromatic heterocycles. The Balaban J connectivity index is 1.78. The van der Waals surface area contributed by atoms with Crippen LogP contribution in [0.2, 0.25) is 5.02 Å². The van der Waals surface area contributed by atoms with Crippen molar-refractivity contribution >= 4 is 52.5 Å². The Morgan fingerprint density at radius 1 is 1.06 bits per heavy atom. The first-order valence-corrected chi connectivity index (χ1v) is 11.5. The molecule has 2 amide bonds. The summed E-state index contributed by atoms with van der Waals surface area (Å²) in [4.78, 5) is 27.4. The van der Waals surface area contributed by atoms with Crippen LogP contribution >= 0.6 is 23.8 Å². The van der Waals surface area contributed by atoms with Crippen molar-refractivity contribution in [3.63, 3.8) is 0 Å². The molecule has 5 nitrogen and oxygen atoms in total. The lowest BCUT2D eigenvalue weighted by molar-refractivity contribution is -0.122. The zero-order valence-corrected chi connectivity index (χ0v) is 20.5. The van der Waals surface area contributed by atoms with Gasteiger partial charge in [0.25, 0.3) is 11.8 Å². The molecule has 0 spiro atoms. The van der Waals surface area contributed by atoms with Crippen molar-refractivity contribution < 1.29 is 9.59 Å². The number of rotatable bonds is 4. The average molecular weight is 478 g/mol. The fourth-order valence-corrected chi connectivity index (χ4v) is 4.56. The molecule has 3 aromatic rings. The lowest BCUT2D eigenvalue weighted by Crippen LogP contribution is -2.54. The molecule has 0 atom stereocenters. The first kappa shape index (κ1) is 23.0. The van der Waals surface area contributed by atoms with E-state index >= 15 is 0 Å². The Morgan fingerprint density at radius 2 is 1.79 bits per heavy atom. The van der Waals surface area contributed by atoms with E-state index in [9.17, 15) is 9.59 Å². The van der Waals surface area contributed by atoms with Crippen LogP contribution in [0, 0.1) is 20.8 Å². The van der Waals surface area contributed by atoms with Crippen LogP contribution in [-0.4, -0.2) is 21.5 Å². The highest BCUT2D eigenvalue weighted by atomic mass is 35.5. The Hall–Kier alpha value is -3.22. The number of benzene rings is 2. The summed E-state index contributed by atoms with van der Waals surface area (Å²) in [5.74, 6) is -0.999. The van der Waals surface area contributed by atoms with E-state index < -0.39 is 11.8 Å². The van der Waals surface area contributed by atoms with Crippen LogP contribution in [0.3, 0.4) is 0 Å². The van der Waals surface area contributed by atoms with E-state index in [0.29, 0.717) is 10.7 Å². The largest absolute Gasteiger partial charge is 0.318 e. The highest BCUT2D eigenvalue weighted by molar-refractivity contribution is 7.80. The Bertz CT molecular complexity index is 1340. The van der Waals surface area contributed by atoms with Gasteiger partial charge in [-0.15, -0.1) is 0 Å². The number of anilines is 1. The van der Waals surface area contributed by atoms with Crippen LogP contribution in [0.15, 0.2) is 54.1 Å². The number of nitrogens with zero attached hydrogens (tertiary/aromatic N) is 2. The number of carbonyl (C=O) groups is 2. The lowest BCUT2D eigenvalue weighted by atomic mass is 10.1. The number of aryl methyl sites for hydroxylation is 3. The molecule has 0 unspecified atom stereocenters. The van der Waals surface area contributed by atoms with Crippen LogP contribution in [-0.2, 0) is 16.0 Å². The van der Waals surface area contributed by atoms with Gasteiger partial charge in [-0.1, -0.05) is 42.8 Å². The molecule has 33 heavy (non-hydrogen) atoms. The van der Waals surface area contributed by atoms with Crippen molar-refractivity contribution in [2.24, 2.45) is 0 Å².